The Bertz CT molecular complexity index is 398. The summed E-state index contributed by atoms with van der Waals surface area (Å²) in [4.78, 5) is 8.25. The van der Waals surface area contributed by atoms with Gasteiger partial charge in [0.05, 0.1) is 0 Å². The Morgan fingerprint density at radius 3 is 2.24 bits per heavy atom. The van der Waals surface area contributed by atoms with Crippen molar-refractivity contribution < 1.29 is 0 Å². The van der Waals surface area contributed by atoms with Crippen molar-refractivity contribution >= 4 is 0 Å². The summed E-state index contributed by atoms with van der Waals surface area (Å²) in [6.45, 7) is 20.1. The van der Waals surface area contributed by atoms with Gasteiger partial charge in [-0.1, -0.05) is 27.2 Å². The number of nitrogens with zero attached hydrogens (tertiary/aromatic N) is 3. The Morgan fingerprint density at radius 1 is 0.920 bits per heavy atom. The fourth-order valence-electron chi connectivity index (χ4n) is 5.18. The molecule has 0 spiro atoms. The molecule has 3 heteroatoms. The highest BCUT2D eigenvalue weighted by Gasteiger charge is 2.45. The molecule has 3 unspecified atom stereocenters. The van der Waals surface area contributed by atoms with E-state index in [1.165, 1.54) is 90.9 Å². The Morgan fingerprint density at radius 2 is 1.64 bits per heavy atom. The molecule has 0 aromatic carbocycles. The standard InChI is InChI=1S/C22H43N3/c1-5-19(3)15-22(8-9-22)18-24-10-7-21(17-24)16-23-11-13-25(14-12-23)20(4)6-2/h19-21H,5-18H2,1-4H3. The van der Waals surface area contributed by atoms with Crippen molar-refractivity contribution in [2.24, 2.45) is 17.3 Å². The lowest BCUT2D eigenvalue weighted by Crippen LogP contribution is -2.50. The number of hydrogen-bond donors (Lipinski definition) is 0. The summed E-state index contributed by atoms with van der Waals surface area (Å²) in [6, 6.07) is 0.768. The van der Waals surface area contributed by atoms with Crippen LogP contribution in [0.25, 0.3) is 0 Å². The normalized spacial score (nSPS) is 30.5. The van der Waals surface area contributed by atoms with E-state index in [4.69, 9.17) is 0 Å². The van der Waals surface area contributed by atoms with Crippen molar-refractivity contribution in [3.8, 4) is 0 Å². The summed E-state index contributed by atoms with van der Waals surface area (Å²) in [6.07, 6.45) is 8.54. The summed E-state index contributed by atoms with van der Waals surface area (Å²) in [5.41, 5.74) is 0.715. The van der Waals surface area contributed by atoms with E-state index in [9.17, 15) is 0 Å². The first kappa shape index (κ1) is 19.6. The molecule has 3 nitrogen and oxygen atoms in total. The summed E-state index contributed by atoms with van der Waals surface area (Å²) in [5, 5.41) is 0. The minimum Gasteiger partial charge on any atom is -0.302 e. The van der Waals surface area contributed by atoms with Gasteiger partial charge in [-0.25, -0.2) is 0 Å². The molecule has 2 aliphatic heterocycles. The highest BCUT2D eigenvalue weighted by atomic mass is 15.3. The van der Waals surface area contributed by atoms with Gasteiger partial charge in [-0.2, -0.15) is 0 Å². The number of likely N-dealkylation sites (tertiary alicyclic amines) is 1. The molecular weight excluding hydrogens is 306 g/mol. The van der Waals surface area contributed by atoms with Crippen LogP contribution in [-0.2, 0) is 0 Å². The highest BCUT2D eigenvalue weighted by molar-refractivity contribution is 4.97. The maximum absolute atomic E-state index is 2.81. The van der Waals surface area contributed by atoms with Gasteiger partial charge in [-0.3, -0.25) is 4.90 Å². The Balaban J connectivity index is 1.36. The van der Waals surface area contributed by atoms with Crippen molar-refractivity contribution in [3.05, 3.63) is 0 Å². The van der Waals surface area contributed by atoms with Gasteiger partial charge >= 0.3 is 0 Å². The van der Waals surface area contributed by atoms with Crippen LogP contribution < -0.4 is 0 Å². The van der Waals surface area contributed by atoms with Gasteiger partial charge < -0.3 is 9.80 Å². The monoisotopic (exact) mass is 349 g/mol. The summed E-state index contributed by atoms with van der Waals surface area (Å²) >= 11 is 0. The van der Waals surface area contributed by atoms with Gasteiger partial charge in [0.2, 0.25) is 0 Å². The third-order valence-corrected chi connectivity index (χ3v) is 7.50. The lowest BCUT2D eigenvalue weighted by molar-refractivity contribution is 0.0900. The molecule has 0 aromatic rings. The van der Waals surface area contributed by atoms with E-state index in [2.05, 4.69) is 42.4 Å². The van der Waals surface area contributed by atoms with Crippen molar-refractivity contribution in [2.45, 2.75) is 72.3 Å². The van der Waals surface area contributed by atoms with Gasteiger partial charge in [0.1, 0.15) is 0 Å². The van der Waals surface area contributed by atoms with Crippen LogP contribution in [-0.4, -0.2) is 73.1 Å². The van der Waals surface area contributed by atoms with E-state index >= 15 is 0 Å². The van der Waals surface area contributed by atoms with Gasteiger partial charge in [-0.15, -0.1) is 0 Å². The second kappa shape index (κ2) is 8.71. The van der Waals surface area contributed by atoms with E-state index in [0.717, 1.165) is 17.9 Å². The molecule has 3 atom stereocenters. The maximum atomic E-state index is 2.81. The smallest absolute Gasteiger partial charge is 0.0113 e. The predicted octanol–water partition coefficient (Wildman–Crippen LogP) is 3.94. The second-order valence-corrected chi connectivity index (χ2v) is 9.70. The van der Waals surface area contributed by atoms with Crippen molar-refractivity contribution in [2.75, 3.05) is 52.4 Å². The fourth-order valence-corrected chi connectivity index (χ4v) is 5.18. The van der Waals surface area contributed by atoms with E-state index in [1.807, 2.05) is 0 Å². The quantitative estimate of drug-likeness (QED) is 0.624. The van der Waals surface area contributed by atoms with E-state index < -0.39 is 0 Å². The molecule has 25 heavy (non-hydrogen) atoms. The molecule has 2 saturated heterocycles. The minimum atomic E-state index is 0.715. The first-order chi connectivity index (χ1) is 12.0. The second-order valence-electron chi connectivity index (χ2n) is 9.70. The van der Waals surface area contributed by atoms with Crippen LogP contribution in [0.2, 0.25) is 0 Å². The van der Waals surface area contributed by atoms with Crippen LogP contribution in [0.4, 0.5) is 0 Å². The molecule has 146 valence electrons. The highest BCUT2D eigenvalue weighted by Crippen LogP contribution is 2.52. The molecular formula is C22H43N3. The van der Waals surface area contributed by atoms with Crippen LogP contribution in [0.5, 0.6) is 0 Å². The summed E-state index contributed by atoms with van der Waals surface area (Å²) < 4.78 is 0. The zero-order chi connectivity index (χ0) is 17.9. The Kier molecular flexibility index (Phi) is 6.84. The molecule has 2 heterocycles. The van der Waals surface area contributed by atoms with E-state index in [-0.39, 0.29) is 0 Å². The predicted molar refractivity (Wildman–Crippen MR) is 108 cm³/mol. The van der Waals surface area contributed by atoms with Crippen molar-refractivity contribution in [3.63, 3.8) is 0 Å². The first-order valence-corrected chi connectivity index (χ1v) is 11.2. The number of hydrogen-bond acceptors (Lipinski definition) is 3. The molecule has 0 bridgehead atoms. The fraction of sp³-hybridized carbons (Fsp3) is 1.00. The lowest BCUT2D eigenvalue weighted by Gasteiger charge is -2.38. The minimum absolute atomic E-state index is 0.715. The van der Waals surface area contributed by atoms with Crippen molar-refractivity contribution in [1.29, 1.82) is 0 Å². The topological polar surface area (TPSA) is 9.72 Å². The largest absolute Gasteiger partial charge is 0.302 e. The van der Waals surface area contributed by atoms with Crippen LogP contribution in [0.3, 0.4) is 0 Å². The Labute approximate surface area is 157 Å². The molecule has 3 rings (SSSR count). The maximum Gasteiger partial charge on any atom is 0.0113 e. The molecule has 3 aliphatic rings. The average molecular weight is 350 g/mol. The van der Waals surface area contributed by atoms with E-state index in [1.54, 1.807) is 0 Å². The number of rotatable bonds is 9. The van der Waals surface area contributed by atoms with Crippen LogP contribution in [0.1, 0.15) is 66.2 Å². The number of piperazine rings is 1. The molecule has 0 aromatic heterocycles. The average Bonchev–Trinajstić information content (AvgIpc) is 3.23. The van der Waals surface area contributed by atoms with Crippen LogP contribution in [0, 0.1) is 17.3 Å². The van der Waals surface area contributed by atoms with E-state index in [0.29, 0.717) is 5.41 Å². The molecule has 0 radical (unpaired) electrons. The van der Waals surface area contributed by atoms with Gasteiger partial charge in [0.25, 0.3) is 0 Å². The van der Waals surface area contributed by atoms with Gasteiger partial charge in [-0.05, 0) is 62.8 Å². The first-order valence-electron chi connectivity index (χ1n) is 11.2. The molecule has 1 saturated carbocycles. The molecule has 0 N–H and O–H groups in total. The zero-order valence-corrected chi connectivity index (χ0v) is 17.5. The SMILES string of the molecule is CCC(C)CC1(CN2CCC(CN3CCN(C(C)CC)CC3)C2)CC1. The molecule has 1 aliphatic carbocycles. The van der Waals surface area contributed by atoms with Gasteiger partial charge in [0, 0.05) is 51.9 Å². The van der Waals surface area contributed by atoms with Gasteiger partial charge in [0.15, 0.2) is 0 Å². The van der Waals surface area contributed by atoms with Crippen molar-refractivity contribution in [1.82, 2.24) is 14.7 Å². The third kappa shape index (κ3) is 5.43. The third-order valence-electron chi connectivity index (χ3n) is 7.50. The molecule has 0 amide bonds. The zero-order valence-electron chi connectivity index (χ0n) is 17.5. The van der Waals surface area contributed by atoms with Crippen LogP contribution >= 0.6 is 0 Å². The summed E-state index contributed by atoms with van der Waals surface area (Å²) in [7, 11) is 0. The lowest BCUT2D eigenvalue weighted by atomic mass is 9.91. The van der Waals surface area contributed by atoms with Crippen LogP contribution in [0.15, 0.2) is 0 Å². The molecule has 3 fully saturated rings. The summed E-state index contributed by atoms with van der Waals surface area (Å²) in [5.74, 6) is 1.84. The Hall–Kier alpha value is -0.120.